The van der Waals surface area contributed by atoms with Crippen LogP contribution in [-0.4, -0.2) is 10.8 Å². The fourth-order valence-corrected chi connectivity index (χ4v) is 2.08. The van der Waals surface area contributed by atoms with Crippen molar-refractivity contribution in [2.24, 2.45) is 5.92 Å². The Morgan fingerprint density at radius 2 is 1.93 bits per heavy atom. The summed E-state index contributed by atoms with van der Waals surface area (Å²) in [4.78, 5) is 16.4. The molecule has 80 valence electrons. The van der Waals surface area contributed by atoms with E-state index in [-0.39, 0.29) is 17.6 Å². The quantitative estimate of drug-likeness (QED) is 0.701. The van der Waals surface area contributed by atoms with Crippen molar-refractivity contribution in [3.63, 3.8) is 0 Å². The minimum atomic E-state index is 0.0925. The van der Waals surface area contributed by atoms with Gasteiger partial charge in [0.15, 0.2) is 5.78 Å². The molecule has 0 fully saturated rings. The van der Waals surface area contributed by atoms with Gasteiger partial charge in [-0.15, -0.1) is 0 Å². The van der Waals surface area contributed by atoms with Gasteiger partial charge in [0, 0.05) is 23.6 Å². The summed E-state index contributed by atoms with van der Waals surface area (Å²) in [5, 5.41) is 0. The van der Waals surface area contributed by atoms with E-state index in [9.17, 15) is 4.79 Å². The van der Waals surface area contributed by atoms with Crippen molar-refractivity contribution in [1.82, 2.24) is 4.98 Å². The molecule has 0 amide bonds. The summed E-state index contributed by atoms with van der Waals surface area (Å²) in [5.41, 5.74) is 2.99. The third kappa shape index (κ3) is 1.48. The highest BCUT2D eigenvalue weighted by atomic mass is 16.1. The number of nitrogens with zero attached hydrogens (tertiary/aromatic N) is 1. The fourth-order valence-electron chi connectivity index (χ4n) is 2.08. The molecule has 15 heavy (non-hydrogen) atoms. The molecule has 1 aromatic heterocycles. The lowest BCUT2D eigenvalue weighted by atomic mass is 9.99. The molecule has 2 unspecified atom stereocenters. The SMILES string of the molecule is CC(C)c1cnc2c(c1)C(=O)C(C)C2C. The second-order valence-electron chi connectivity index (χ2n) is 4.80. The summed E-state index contributed by atoms with van der Waals surface area (Å²) in [6.07, 6.45) is 1.91. The highest BCUT2D eigenvalue weighted by Crippen LogP contribution is 2.36. The summed E-state index contributed by atoms with van der Waals surface area (Å²) in [7, 11) is 0. The Morgan fingerprint density at radius 3 is 2.53 bits per heavy atom. The molecule has 0 spiro atoms. The number of carbonyl (C=O) groups excluding carboxylic acids is 1. The van der Waals surface area contributed by atoms with E-state index in [1.807, 2.05) is 19.2 Å². The van der Waals surface area contributed by atoms with Crippen LogP contribution in [-0.2, 0) is 0 Å². The second kappa shape index (κ2) is 3.44. The van der Waals surface area contributed by atoms with Gasteiger partial charge in [-0.25, -0.2) is 0 Å². The van der Waals surface area contributed by atoms with Crippen molar-refractivity contribution in [2.75, 3.05) is 0 Å². The van der Waals surface area contributed by atoms with Gasteiger partial charge in [0.2, 0.25) is 0 Å². The van der Waals surface area contributed by atoms with Gasteiger partial charge in [-0.2, -0.15) is 0 Å². The zero-order chi connectivity index (χ0) is 11.2. The first-order chi connectivity index (χ1) is 7.02. The Balaban J connectivity index is 2.52. The fraction of sp³-hybridized carbons (Fsp3) is 0.538. The molecule has 0 saturated carbocycles. The molecular weight excluding hydrogens is 186 g/mol. The van der Waals surface area contributed by atoms with E-state index in [1.54, 1.807) is 0 Å². The van der Waals surface area contributed by atoms with Crippen molar-refractivity contribution < 1.29 is 4.79 Å². The van der Waals surface area contributed by atoms with Crippen LogP contribution in [0, 0.1) is 5.92 Å². The van der Waals surface area contributed by atoms with Crippen LogP contribution in [0.4, 0.5) is 0 Å². The Morgan fingerprint density at radius 1 is 1.27 bits per heavy atom. The maximum absolute atomic E-state index is 11.9. The lowest BCUT2D eigenvalue weighted by Gasteiger charge is -2.08. The zero-order valence-electron chi connectivity index (χ0n) is 9.74. The van der Waals surface area contributed by atoms with Crippen LogP contribution >= 0.6 is 0 Å². The van der Waals surface area contributed by atoms with Crippen molar-refractivity contribution in [1.29, 1.82) is 0 Å². The predicted octanol–water partition coefficient (Wildman–Crippen LogP) is 3.14. The van der Waals surface area contributed by atoms with E-state index in [0.717, 1.165) is 16.8 Å². The average molecular weight is 203 g/mol. The first-order valence-electron chi connectivity index (χ1n) is 5.56. The molecule has 0 radical (unpaired) electrons. The van der Waals surface area contributed by atoms with E-state index in [4.69, 9.17) is 0 Å². The van der Waals surface area contributed by atoms with Crippen LogP contribution in [0.25, 0.3) is 0 Å². The maximum Gasteiger partial charge on any atom is 0.168 e. The van der Waals surface area contributed by atoms with Gasteiger partial charge < -0.3 is 0 Å². The molecule has 2 nitrogen and oxygen atoms in total. The summed E-state index contributed by atoms with van der Waals surface area (Å²) in [6, 6.07) is 2.02. The van der Waals surface area contributed by atoms with Crippen LogP contribution < -0.4 is 0 Å². The monoisotopic (exact) mass is 203 g/mol. The molecule has 1 aliphatic carbocycles. The van der Waals surface area contributed by atoms with Gasteiger partial charge in [0.1, 0.15) is 0 Å². The van der Waals surface area contributed by atoms with E-state index >= 15 is 0 Å². The Kier molecular flexibility index (Phi) is 2.37. The first-order valence-corrected chi connectivity index (χ1v) is 5.56. The molecule has 1 aromatic rings. The molecule has 1 heterocycles. The molecule has 2 rings (SSSR count). The normalized spacial score (nSPS) is 24.7. The number of rotatable bonds is 1. The number of hydrogen-bond acceptors (Lipinski definition) is 2. The molecule has 2 atom stereocenters. The Bertz CT molecular complexity index is 409. The van der Waals surface area contributed by atoms with Crippen molar-refractivity contribution >= 4 is 5.78 Å². The lowest BCUT2D eigenvalue weighted by molar-refractivity contribution is 0.0936. The van der Waals surface area contributed by atoms with Crippen LogP contribution in [0.2, 0.25) is 0 Å². The van der Waals surface area contributed by atoms with Gasteiger partial charge in [0.25, 0.3) is 0 Å². The number of fused-ring (bicyclic) bond motifs is 1. The predicted molar refractivity (Wildman–Crippen MR) is 60.2 cm³/mol. The molecule has 0 aliphatic heterocycles. The van der Waals surface area contributed by atoms with Gasteiger partial charge in [-0.05, 0) is 17.5 Å². The molecule has 0 saturated heterocycles. The van der Waals surface area contributed by atoms with Gasteiger partial charge >= 0.3 is 0 Å². The zero-order valence-corrected chi connectivity index (χ0v) is 9.74. The van der Waals surface area contributed by atoms with Crippen LogP contribution in [0.3, 0.4) is 0 Å². The highest BCUT2D eigenvalue weighted by molar-refractivity contribution is 6.02. The summed E-state index contributed by atoms with van der Waals surface area (Å²) < 4.78 is 0. The summed E-state index contributed by atoms with van der Waals surface area (Å²) >= 11 is 0. The lowest BCUT2D eigenvalue weighted by Crippen LogP contribution is -2.06. The molecule has 0 bridgehead atoms. The van der Waals surface area contributed by atoms with E-state index in [1.165, 1.54) is 0 Å². The van der Waals surface area contributed by atoms with Crippen LogP contribution in [0.1, 0.15) is 61.1 Å². The number of pyridine rings is 1. The minimum absolute atomic E-state index is 0.0925. The number of Topliss-reactive ketones (excluding diaryl/α,β-unsaturated/α-hetero) is 1. The first kappa shape index (κ1) is 10.3. The minimum Gasteiger partial charge on any atom is -0.294 e. The van der Waals surface area contributed by atoms with Crippen molar-refractivity contribution in [3.8, 4) is 0 Å². The Hall–Kier alpha value is -1.18. The van der Waals surface area contributed by atoms with E-state index in [0.29, 0.717) is 5.92 Å². The Labute approximate surface area is 90.7 Å². The summed E-state index contributed by atoms with van der Waals surface area (Å²) in [6.45, 7) is 8.31. The maximum atomic E-state index is 11.9. The number of carbonyl (C=O) groups is 1. The van der Waals surface area contributed by atoms with E-state index < -0.39 is 0 Å². The molecule has 0 N–H and O–H groups in total. The molecule has 1 aliphatic rings. The van der Waals surface area contributed by atoms with Gasteiger partial charge in [-0.1, -0.05) is 27.7 Å². The van der Waals surface area contributed by atoms with E-state index in [2.05, 4.69) is 25.8 Å². The number of hydrogen-bond donors (Lipinski definition) is 0. The van der Waals surface area contributed by atoms with Gasteiger partial charge in [-0.3, -0.25) is 9.78 Å². The largest absolute Gasteiger partial charge is 0.294 e. The molecule has 0 aromatic carbocycles. The standard InChI is InChI=1S/C13H17NO/c1-7(2)10-5-11-12(14-6-10)8(3)9(4)13(11)15/h5-9H,1-4H3. The van der Waals surface area contributed by atoms with Crippen LogP contribution in [0.15, 0.2) is 12.3 Å². The van der Waals surface area contributed by atoms with Crippen molar-refractivity contribution in [2.45, 2.75) is 39.5 Å². The second-order valence-corrected chi connectivity index (χ2v) is 4.80. The third-order valence-electron chi connectivity index (χ3n) is 3.47. The third-order valence-corrected chi connectivity index (χ3v) is 3.47. The number of aromatic nitrogens is 1. The van der Waals surface area contributed by atoms with Crippen LogP contribution in [0.5, 0.6) is 0 Å². The smallest absolute Gasteiger partial charge is 0.168 e. The molecule has 2 heteroatoms. The molecular formula is C13H17NO. The summed E-state index contributed by atoms with van der Waals surface area (Å²) in [5.74, 6) is 1.05. The number of ketones is 1. The topological polar surface area (TPSA) is 30.0 Å². The highest BCUT2D eigenvalue weighted by Gasteiger charge is 2.35. The van der Waals surface area contributed by atoms with Gasteiger partial charge in [0.05, 0.1) is 5.69 Å². The average Bonchev–Trinajstić information content (AvgIpc) is 2.44. The van der Waals surface area contributed by atoms with Crippen molar-refractivity contribution in [3.05, 3.63) is 29.1 Å².